The molecule has 1 atom stereocenters. The normalized spacial score (nSPS) is 15.7. The van der Waals surface area contributed by atoms with E-state index in [0.717, 1.165) is 5.52 Å². The fraction of sp³-hybridized carbons (Fsp3) is 0.160. The summed E-state index contributed by atoms with van der Waals surface area (Å²) in [5.41, 5.74) is 3.68. The first-order valence-electron chi connectivity index (χ1n) is 10.5. The molecule has 1 amide bonds. The number of hydrogen-bond donors (Lipinski definition) is 1. The lowest BCUT2D eigenvalue weighted by atomic mass is 10.00. The number of benzene rings is 1. The van der Waals surface area contributed by atoms with Gasteiger partial charge in [-0.1, -0.05) is 18.2 Å². The number of hydrogen-bond acceptors (Lipinski definition) is 4. The SMILES string of the molecule is C=CC(=O)N1CCC(Oc2cnccc2-c2[nH]c3cccnc3c2-c2cc(Cl)ccc2F)C1. The average molecular weight is 463 g/mol. The summed E-state index contributed by atoms with van der Waals surface area (Å²) in [6.07, 6.45) is 6.76. The van der Waals surface area contributed by atoms with E-state index in [1.165, 1.54) is 18.2 Å². The van der Waals surface area contributed by atoms with Gasteiger partial charge in [-0.25, -0.2) is 4.39 Å². The van der Waals surface area contributed by atoms with E-state index in [4.69, 9.17) is 16.3 Å². The number of aromatic amines is 1. The summed E-state index contributed by atoms with van der Waals surface area (Å²) >= 11 is 6.21. The number of nitrogens with zero attached hydrogens (tertiary/aromatic N) is 3. The number of aromatic nitrogens is 3. The second-order valence-electron chi connectivity index (χ2n) is 7.79. The van der Waals surface area contributed by atoms with Crippen LogP contribution in [0.5, 0.6) is 5.75 Å². The fourth-order valence-electron chi connectivity index (χ4n) is 4.19. The zero-order valence-electron chi connectivity index (χ0n) is 17.6. The molecular weight excluding hydrogens is 443 g/mol. The topological polar surface area (TPSA) is 71.1 Å². The summed E-state index contributed by atoms with van der Waals surface area (Å²) in [6.45, 7) is 4.61. The molecule has 0 saturated carbocycles. The Morgan fingerprint density at radius 1 is 1.27 bits per heavy atom. The molecule has 8 heteroatoms. The second-order valence-corrected chi connectivity index (χ2v) is 8.22. The highest BCUT2D eigenvalue weighted by Gasteiger charge is 2.28. The summed E-state index contributed by atoms with van der Waals surface area (Å²) in [5, 5.41) is 0.423. The van der Waals surface area contributed by atoms with Crippen molar-refractivity contribution in [1.82, 2.24) is 19.9 Å². The molecule has 0 aliphatic carbocycles. The van der Waals surface area contributed by atoms with Gasteiger partial charge in [0.2, 0.25) is 5.91 Å². The van der Waals surface area contributed by atoms with Crippen LogP contribution in [0, 0.1) is 5.82 Å². The maximum atomic E-state index is 14.9. The minimum absolute atomic E-state index is 0.118. The molecule has 1 fully saturated rings. The first kappa shape index (κ1) is 21.2. The molecular formula is C25H20ClFN4O2. The van der Waals surface area contributed by atoms with Crippen LogP contribution in [0.4, 0.5) is 4.39 Å². The van der Waals surface area contributed by atoms with E-state index in [9.17, 15) is 9.18 Å². The van der Waals surface area contributed by atoms with E-state index in [0.29, 0.717) is 58.2 Å². The van der Waals surface area contributed by atoms with Gasteiger partial charge in [-0.3, -0.25) is 14.8 Å². The largest absolute Gasteiger partial charge is 0.486 e. The third-order valence-corrected chi connectivity index (χ3v) is 5.97. The Balaban J connectivity index is 1.61. The highest BCUT2D eigenvalue weighted by atomic mass is 35.5. The van der Waals surface area contributed by atoms with Gasteiger partial charge in [-0.2, -0.15) is 0 Å². The predicted molar refractivity (Wildman–Crippen MR) is 126 cm³/mol. The molecule has 1 N–H and O–H groups in total. The summed E-state index contributed by atoms with van der Waals surface area (Å²) < 4.78 is 21.2. The van der Waals surface area contributed by atoms with E-state index in [-0.39, 0.29) is 12.0 Å². The van der Waals surface area contributed by atoms with Gasteiger partial charge in [-0.15, -0.1) is 0 Å². The van der Waals surface area contributed by atoms with Crippen LogP contribution in [0.15, 0.2) is 67.6 Å². The Kier molecular flexibility index (Phi) is 5.56. The molecule has 1 aliphatic rings. The van der Waals surface area contributed by atoms with Crippen LogP contribution in [-0.4, -0.2) is 45.0 Å². The van der Waals surface area contributed by atoms with Crippen molar-refractivity contribution in [2.75, 3.05) is 13.1 Å². The Hall–Kier alpha value is -3.71. The molecule has 5 rings (SSSR count). The number of amides is 1. The van der Waals surface area contributed by atoms with E-state index in [1.54, 1.807) is 29.6 Å². The molecule has 1 aliphatic heterocycles. The van der Waals surface area contributed by atoms with Gasteiger partial charge >= 0.3 is 0 Å². The van der Waals surface area contributed by atoms with E-state index in [2.05, 4.69) is 21.5 Å². The van der Waals surface area contributed by atoms with Gasteiger partial charge in [0.1, 0.15) is 17.7 Å². The molecule has 0 spiro atoms. The number of fused-ring (bicyclic) bond motifs is 1. The van der Waals surface area contributed by atoms with E-state index in [1.807, 2.05) is 18.2 Å². The van der Waals surface area contributed by atoms with Gasteiger partial charge in [0, 0.05) is 47.1 Å². The number of carbonyl (C=O) groups excluding carboxylic acids is 1. The number of likely N-dealkylation sites (tertiary alicyclic amines) is 1. The predicted octanol–water partition coefficient (Wildman–Crippen LogP) is 5.25. The lowest BCUT2D eigenvalue weighted by Crippen LogP contribution is -2.29. The number of pyridine rings is 2. The van der Waals surface area contributed by atoms with Crippen LogP contribution in [0.2, 0.25) is 5.02 Å². The molecule has 6 nitrogen and oxygen atoms in total. The average Bonchev–Trinajstić information content (AvgIpc) is 3.45. The van der Waals surface area contributed by atoms with Crippen molar-refractivity contribution in [1.29, 1.82) is 0 Å². The number of ether oxygens (including phenoxy) is 1. The van der Waals surface area contributed by atoms with Gasteiger partial charge in [0.15, 0.2) is 0 Å². The van der Waals surface area contributed by atoms with Crippen molar-refractivity contribution in [3.63, 3.8) is 0 Å². The maximum Gasteiger partial charge on any atom is 0.246 e. The highest BCUT2D eigenvalue weighted by Crippen LogP contribution is 2.42. The van der Waals surface area contributed by atoms with Gasteiger partial charge < -0.3 is 14.6 Å². The number of carbonyl (C=O) groups is 1. The zero-order chi connectivity index (χ0) is 22.9. The summed E-state index contributed by atoms with van der Waals surface area (Å²) in [5.74, 6) is 0.0108. The third-order valence-electron chi connectivity index (χ3n) is 5.73. The summed E-state index contributed by atoms with van der Waals surface area (Å²) in [7, 11) is 0. The summed E-state index contributed by atoms with van der Waals surface area (Å²) in [4.78, 5) is 25.7. The second kappa shape index (κ2) is 8.67. The molecule has 1 saturated heterocycles. The highest BCUT2D eigenvalue weighted by molar-refractivity contribution is 6.31. The molecule has 33 heavy (non-hydrogen) atoms. The van der Waals surface area contributed by atoms with Crippen molar-refractivity contribution < 1.29 is 13.9 Å². The molecule has 1 unspecified atom stereocenters. The van der Waals surface area contributed by atoms with E-state index < -0.39 is 5.82 Å². The van der Waals surface area contributed by atoms with Crippen molar-refractivity contribution in [2.24, 2.45) is 0 Å². The third kappa shape index (κ3) is 3.96. The maximum absolute atomic E-state index is 14.9. The minimum Gasteiger partial charge on any atom is -0.486 e. The molecule has 4 aromatic rings. The Morgan fingerprint density at radius 2 is 2.15 bits per heavy atom. The van der Waals surface area contributed by atoms with E-state index >= 15 is 0 Å². The van der Waals surface area contributed by atoms with Crippen molar-refractivity contribution >= 4 is 28.5 Å². The number of nitrogens with one attached hydrogen (secondary N) is 1. The van der Waals surface area contributed by atoms with Gasteiger partial charge in [-0.05, 0) is 42.5 Å². The van der Waals surface area contributed by atoms with Crippen LogP contribution in [-0.2, 0) is 4.79 Å². The number of rotatable bonds is 5. The zero-order valence-corrected chi connectivity index (χ0v) is 18.3. The Bertz CT molecular complexity index is 1370. The fourth-order valence-corrected chi connectivity index (χ4v) is 4.36. The van der Waals surface area contributed by atoms with Gasteiger partial charge in [0.25, 0.3) is 0 Å². The number of halogens is 2. The van der Waals surface area contributed by atoms with Crippen LogP contribution in [0.3, 0.4) is 0 Å². The molecule has 166 valence electrons. The quantitative estimate of drug-likeness (QED) is 0.411. The molecule has 4 heterocycles. The smallest absolute Gasteiger partial charge is 0.246 e. The molecule has 0 bridgehead atoms. The van der Waals surface area contributed by atoms with Crippen molar-refractivity contribution in [2.45, 2.75) is 12.5 Å². The van der Waals surface area contributed by atoms with Crippen LogP contribution < -0.4 is 4.74 Å². The first-order chi connectivity index (χ1) is 16.0. The van der Waals surface area contributed by atoms with Crippen LogP contribution in [0.1, 0.15) is 6.42 Å². The van der Waals surface area contributed by atoms with Crippen molar-refractivity contribution in [3.8, 4) is 28.1 Å². The Morgan fingerprint density at radius 3 is 3.00 bits per heavy atom. The standard InChI is InChI=1S/C25H20ClFN4O2/c1-2-22(32)31-11-8-16(14-31)33-21-13-28-10-7-17(21)24-23(18-12-15(26)5-6-19(18)27)25-20(30-24)4-3-9-29-25/h2-7,9-10,12-13,16,30H,1,8,11,14H2. The number of H-pyrrole nitrogens is 1. The molecule has 3 aromatic heterocycles. The van der Waals surface area contributed by atoms with Gasteiger partial charge in [0.05, 0.1) is 29.5 Å². The monoisotopic (exact) mass is 462 g/mol. The summed E-state index contributed by atoms with van der Waals surface area (Å²) in [6, 6.07) is 9.96. The lowest BCUT2D eigenvalue weighted by Gasteiger charge is -2.18. The molecule has 0 radical (unpaired) electrons. The van der Waals surface area contributed by atoms with Crippen LogP contribution in [0.25, 0.3) is 33.4 Å². The minimum atomic E-state index is -0.405. The Labute approximate surface area is 194 Å². The van der Waals surface area contributed by atoms with Crippen LogP contribution >= 0.6 is 11.6 Å². The first-order valence-corrected chi connectivity index (χ1v) is 10.9. The van der Waals surface area contributed by atoms with Crippen molar-refractivity contribution in [3.05, 3.63) is 78.5 Å². The lowest BCUT2D eigenvalue weighted by molar-refractivity contribution is -0.125. The molecule has 1 aromatic carbocycles.